The van der Waals surface area contributed by atoms with E-state index in [0.29, 0.717) is 0 Å². The van der Waals surface area contributed by atoms with E-state index < -0.39 is 0 Å². The van der Waals surface area contributed by atoms with Crippen LogP contribution in [0.2, 0.25) is 0 Å². The molecule has 2 unspecified atom stereocenters. The second-order valence-electron chi connectivity index (χ2n) is 3.16. The number of hydrogen-bond acceptors (Lipinski definition) is 4. The zero-order valence-corrected chi connectivity index (χ0v) is 8.13. The van der Waals surface area contributed by atoms with Crippen LogP contribution in [0.15, 0.2) is 0 Å². The molecule has 1 aliphatic heterocycles. The van der Waals surface area contributed by atoms with Crippen LogP contribution in [0.4, 0.5) is 0 Å². The Hall–Kier alpha value is -0.650. The van der Waals surface area contributed by atoms with Crippen LogP contribution in [-0.4, -0.2) is 37.8 Å². The minimum absolute atomic E-state index is 0.202. The molecule has 2 atom stereocenters. The maximum Gasteiger partial charge on any atom is 0.325 e. The van der Waals surface area contributed by atoms with Crippen molar-refractivity contribution in [2.45, 2.75) is 31.6 Å². The van der Waals surface area contributed by atoms with Gasteiger partial charge in [0, 0.05) is 0 Å². The molecule has 1 radical (unpaired) electrons. The van der Waals surface area contributed by atoms with E-state index in [2.05, 4.69) is 16.1 Å². The van der Waals surface area contributed by atoms with Gasteiger partial charge >= 0.3 is 6.41 Å². The van der Waals surface area contributed by atoms with E-state index >= 15 is 0 Å². The minimum atomic E-state index is 0.202. The highest BCUT2D eigenvalue weighted by Gasteiger charge is 2.28. The quantitative estimate of drug-likeness (QED) is 0.499. The van der Waals surface area contributed by atoms with Crippen LogP contribution >= 0.6 is 0 Å². The van der Waals surface area contributed by atoms with E-state index in [1.54, 1.807) is 6.41 Å². The summed E-state index contributed by atoms with van der Waals surface area (Å²) in [5.41, 5.74) is 2.59. The van der Waals surface area contributed by atoms with Crippen molar-refractivity contribution in [1.82, 2.24) is 21.1 Å². The van der Waals surface area contributed by atoms with Crippen LogP contribution in [0.1, 0.15) is 19.3 Å². The van der Waals surface area contributed by atoms with Gasteiger partial charge in [-0.3, -0.25) is 10.2 Å². The molecule has 0 aromatic carbocycles. The molecule has 0 aromatic rings. The summed E-state index contributed by atoms with van der Waals surface area (Å²) in [5, 5.41) is 8.17. The summed E-state index contributed by atoms with van der Waals surface area (Å²) in [5.74, 6) is 0. The molecule has 1 fully saturated rings. The zero-order valence-electron chi connectivity index (χ0n) is 8.13. The van der Waals surface area contributed by atoms with Crippen LogP contribution in [0.5, 0.6) is 0 Å². The van der Waals surface area contributed by atoms with Gasteiger partial charge in [0.1, 0.15) is 0 Å². The molecule has 0 spiro atoms. The van der Waals surface area contributed by atoms with Crippen molar-refractivity contribution in [3.63, 3.8) is 0 Å². The van der Waals surface area contributed by atoms with Crippen molar-refractivity contribution < 1.29 is 4.79 Å². The molecule has 5 heteroatoms. The van der Waals surface area contributed by atoms with Crippen LogP contribution in [-0.2, 0) is 4.79 Å². The van der Waals surface area contributed by atoms with E-state index in [9.17, 15) is 4.79 Å². The Labute approximate surface area is 78.8 Å². The molecule has 0 aliphatic carbocycles. The number of hydrogen-bond donors (Lipinski definition) is 3. The number of amides is 1. The average molecular weight is 185 g/mol. The van der Waals surface area contributed by atoms with Crippen LogP contribution in [0.25, 0.3) is 0 Å². The number of hydrazine groups is 1. The third kappa shape index (κ3) is 2.40. The van der Waals surface area contributed by atoms with Crippen molar-refractivity contribution in [3.8, 4) is 0 Å². The third-order valence-corrected chi connectivity index (χ3v) is 2.47. The van der Waals surface area contributed by atoms with E-state index in [1.165, 1.54) is 0 Å². The van der Waals surface area contributed by atoms with Crippen LogP contribution in [0.3, 0.4) is 0 Å². The molecule has 1 amide bonds. The second-order valence-corrected chi connectivity index (χ2v) is 3.16. The lowest BCUT2D eigenvalue weighted by Gasteiger charge is -2.40. The van der Waals surface area contributed by atoms with Gasteiger partial charge in [-0.2, -0.15) is 5.01 Å². The topological polar surface area (TPSA) is 56.4 Å². The fourth-order valence-corrected chi connectivity index (χ4v) is 1.78. The largest absolute Gasteiger partial charge is 0.325 e. The zero-order chi connectivity index (χ0) is 9.68. The minimum Gasteiger partial charge on any atom is -0.303 e. The second kappa shape index (κ2) is 5.16. The summed E-state index contributed by atoms with van der Waals surface area (Å²) < 4.78 is 0. The Morgan fingerprint density at radius 2 is 1.77 bits per heavy atom. The van der Waals surface area contributed by atoms with Gasteiger partial charge in [-0.1, -0.05) is 0 Å². The molecule has 1 saturated heterocycles. The molecule has 1 heterocycles. The fraction of sp³-hybridized carbons (Fsp3) is 0.875. The van der Waals surface area contributed by atoms with Crippen LogP contribution in [0, 0.1) is 0 Å². The molecule has 3 N–H and O–H groups in total. The monoisotopic (exact) mass is 185 g/mol. The van der Waals surface area contributed by atoms with Gasteiger partial charge in [0.05, 0.1) is 12.3 Å². The van der Waals surface area contributed by atoms with Gasteiger partial charge in [0.15, 0.2) is 0 Å². The molecule has 0 aromatic heterocycles. The molecule has 5 nitrogen and oxygen atoms in total. The third-order valence-electron chi connectivity index (χ3n) is 2.47. The van der Waals surface area contributed by atoms with Crippen LogP contribution < -0.4 is 16.1 Å². The highest BCUT2D eigenvalue weighted by Crippen LogP contribution is 2.16. The summed E-state index contributed by atoms with van der Waals surface area (Å²) in [6, 6.07) is 0. The summed E-state index contributed by atoms with van der Waals surface area (Å²) in [7, 11) is 3.78. The average Bonchev–Trinajstić information content (AvgIpc) is 2.18. The van der Waals surface area contributed by atoms with Crippen molar-refractivity contribution >= 4 is 6.41 Å². The summed E-state index contributed by atoms with van der Waals surface area (Å²) in [4.78, 5) is 10.3. The highest BCUT2D eigenvalue weighted by atomic mass is 16.1. The molecule has 13 heavy (non-hydrogen) atoms. The standard InChI is InChI=1S/C8H17N4O/c1-9-7-4-3-5-8(10-2)12(7)11-6-13/h7-10H,3-5H2,1-2H3,(H,11,13). The number of carbonyl (C=O) groups excluding carboxylic acids is 1. The number of nitrogens with one attached hydrogen (secondary N) is 3. The van der Waals surface area contributed by atoms with Gasteiger partial charge in [-0.15, -0.1) is 0 Å². The van der Waals surface area contributed by atoms with E-state index in [1.807, 2.05) is 19.1 Å². The first-order chi connectivity index (χ1) is 6.33. The molecular weight excluding hydrogens is 168 g/mol. The lowest BCUT2D eigenvalue weighted by molar-refractivity contribution is 0.0253. The number of nitrogens with zero attached hydrogens (tertiary/aromatic N) is 1. The lowest BCUT2D eigenvalue weighted by Crippen LogP contribution is -2.61. The first-order valence-corrected chi connectivity index (χ1v) is 4.59. The predicted octanol–water partition coefficient (Wildman–Crippen LogP) is -0.865. The Balaban J connectivity index is 2.57. The normalized spacial score (nSPS) is 30.0. The Bertz CT molecular complexity index is 152. The Morgan fingerprint density at radius 1 is 1.23 bits per heavy atom. The van der Waals surface area contributed by atoms with Gasteiger partial charge in [-0.05, 0) is 33.4 Å². The first-order valence-electron chi connectivity index (χ1n) is 4.59. The lowest BCUT2D eigenvalue weighted by atomic mass is 10.1. The molecule has 1 rings (SSSR count). The Kier molecular flexibility index (Phi) is 4.14. The van der Waals surface area contributed by atoms with Crippen molar-refractivity contribution in [2.24, 2.45) is 0 Å². The van der Waals surface area contributed by atoms with Gasteiger partial charge in [0.25, 0.3) is 0 Å². The highest BCUT2D eigenvalue weighted by molar-refractivity contribution is 5.46. The summed E-state index contributed by atoms with van der Waals surface area (Å²) in [6.45, 7) is 0. The molecular formula is C8H17N4O. The maximum absolute atomic E-state index is 10.3. The molecule has 0 saturated carbocycles. The first kappa shape index (κ1) is 10.4. The van der Waals surface area contributed by atoms with E-state index in [0.717, 1.165) is 19.3 Å². The van der Waals surface area contributed by atoms with E-state index in [-0.39, 0.29) is 12.3 Å². The molecule has 1 aliphatic rings. The molecule has 0 bridgehead atoms. The maximum atomic E-state index is 10.3. The van der Waals surface area contributed by atoms with Crippen molar-refractivity contribution in [3.05, 3.63) is 0 Å². The number of rotatable bonds is 4. The summed E-state index contributed by atoms with van der Waals surface area (Å²) >= 11 is 0. The van der Waals surface area contributed by atoms with E-state index in [4.69, 9.17) is 0 Å². The van der Waals surface area contributed by atoms with Gasteiger partial charge in [-0.25, -0.2) is 0 Å². The predicted molar refractivity (Wildman–Crippen MR) is 50.2 cm³/mol. The van der Waals surface area contributed by atoms with Crippen molar-refractivity contribution in [2.75, 3.05) is 14.1 Å². The molecule has 75 valence electrons. The number of piperidine rings is 1. The Morgan fingerprint density at radius 3 is 2.15 bits per heavy atom. The SMILES string of the molecule is CNC1CCCC(NC)N1N[C]=O. The van der Waals surface area contributed by atoms with Gasteiger partial charge < -0.3 is 10.6 Å². The summed E-state index contributed by atoms with van der Waals surface area (Å²) in [6.07, 6.45) is 5.37. The smallest absolute Gasteiger partial charge is 0.303 e. The fourth-order valence-electron chi connectivity index (χ4n) is 1.78. The van der Waals surface area contributed by atoms with Crippen molar-refractivity contribution in [1.29, 1.82) is 0 Å². The van der Waals surface area contributed by atoms with Gasteiger partial charge in [0.2, 0.25) is 0 Å².